The normalized spacial score (nSPS) is 10.5. The van der Waals surface area contributed by atoms with Crippen molar-refractivity contribution in [3.8, 4) is 17.2 Å². The highest BCUT2D eigenvalue weighted by atomic mass is 16.7. The van der Waals surface area contributed by atoms with Gasteiger partial charge in [-0.05, 0) is 19.3 Å². The molecule has 12 heteroatoms. The van der Waals surface area contributed by atoms with Crippen LogP contribution in [0.1, 0.15) is 59.3 Å². The first kappa shape index (κ1) is 24.9. The summed E-state index contributed by atoms with van der Waals surface area (Å²) < 4.78 is 16.2. The number of nitro benzene ring substituents is 3. The lowest BCUT2D eigenvalue weighted by Crippen LogP contribution is -2.12. The largest absolute Gasteiger partial charge is 0.482 e. The number of ether oxygens (including phenoxy) is 3. The molecule has 0 spiro atoms. The second-order valence-corrected chi connectivity index (χ2v) is 6.41. The summed E-state index contributed by atoms with van der Waals surface area (Å²) in [5.41, 5.74) is -2.82. The molecule has 0 amide bonds. The summed E-state index contributed by atoms with van der Waals surface area (Å²) in [4.78, 5) is 32.5. The average molecular weight is 429 g/mol. The molecular weight excluding hydrogens is 402 g/mol. The van der Waals surface area contributed by atoms with Crippen LogP contribution in [0.4, 0.5) is 17.1 Å². The highest BCUT2D eigenvalue weighted by molar-refractivity contribution is 5.82. The molecule has 0 aromatic heterocycles. The highest BCUT2D eigenvalue weighted by Crippen LogP contribution is 2.56. The molecule has 0 fully saturated rings. The molecule has 0 saturated heterocycles. The molecule has 0 saturated carbocycles. The highest BCUT2D eigenvalue weighted by Gasteiger charge is 2.46. The van der Waals surface area contributed by atoms with Gasteiger partial charge in [0.2, 0.25) is 0 Å². The molecule has 0 radical (unpaired) electrons. The summed E-state index contributed by atoms with van der Waals surface area (Å²) in [5.74, 6) is -2.08. The second kappa shape index (κ2) is 12.4. The molecule has 12 nitrogen and oxygen atoms in total. The third-order valence-corrected chi connectivity index (χ3v) is 4.07. The van der Waals surface area contributed by atoms with E-state index in [0.29, 0.717) is 38.5 Å². The van der Waals surface area contributed by atoms with Crippen LogP contribution in [0.2, 0.25) is 0 Å². The predicted octanol–water partition coefficient (Wildman–Crippen LogP) is 4.95. The minimum atomic E-state index is -0.960. The zero-order valence-corrected chi connectivity index (χ0v) is 17.4. The van der Waals surface area contributed by atoms with Gasteiger partial charge in [-0.15, -0.1) is 0 Å². The van der Waals surface area contributed by atoms with Gasteiger partial charge in [0, 0.05) is 0 Å². The first-order chi connectivity index (χ1) is 14.3. The number of hydrogen-bond acceptors (Lipinski definition) is 9. The maximum Gasteiger partial charge on any atom is 0.367 e. The number of nitrogens with zero attached hydrogens (tertiary/aromatic N) is 3. The average Bonchev–Trinajstić information content (AvgIpc) is 2.67. The molecule has 1 aromatic carbocycles. The van der Waals surface area contributed by atoms with E-state index in [-0.39, 0.29) is 19.8 Å². The van der Waals surface area contributed by atoms with E-state index >= 15 is 0 Å². The monoisotopic (exact) mass is 429 g/mol. The summed E-state index contributed by atoms with van der Waals surface area (Å²) >= 11 is 0. The van der Waals surface area contributed by atoms with E-state index in [4.69, 9.17) is 14.2 Å². The molecule has 0 aliphatic heterocycles. The number of hydrogen-bond donors (Lipinski definition) is 0. The lowest BCUT2D eigenvalue weighted by molar-refractivity contribution is -0.407. The van der Waals surface area contributed by atoms with Crippen molar-refractivity contribution in [1.29, 1.82) is 0 Å². The minimum absolute atomic E-state index is 0.0429. The van der Waals surface area contributed by atoms with Crippen LogP contribution >= 0.6 is 0 Å². The van der Waals surface area contributed by atoms with E-state index < -0.39 is 49.1 Å². The van der Waals surface area contributed by atoms with Crippen LogP contribution in [0.3, 0.4) is 0 Å². The zero-order valence-electron chi connectivity index (χ0n) is 17.4. The Morgan fingerprint density at radius 3 is 0.967 bits per heavy atom. The SMILES string of the molecule is CCCCOc1c([N+](=O)[O-])c(OCCCC)c([N+](=O)[O-])c(OCCCC)c1[N+](=O)[O-]. The zero-order chi connectivity index (χ0) is 22.7. The molecule has 1 aromatic rings. The van der Waals surface area contributed by atoms with Crippen molar-refractivity contribution in [3.63, 3.8) is 0 Å². The van der Waals surface area contributed by atoms with Crippen molar-refractivity contribution in [3.05, 3.63) is 30.3 Å². The molecular formula is C18H27N3O9. The van der Waals surface area contributed by atoms with Crippen LogP contribution < -0.4 is 14.2 Å². The molecule has 0 bridgehead atoms. The van der Waals surface area contributed by atoms with Crippen LogP contribution in [-0.2, 0) is 0 Å². The fourth-order valence-corrected chi connectivity index (χ4v) is 2.51. The summed E-state index contributed by atoms with van der Waals surface area (Å²) in [7, 11) is 0. The Hall–Kier alpha value is -3.18. The summed E-state index contributed by atoms with van der Waals surface area (Å²) in [5, 5.41) is 35.4. The van der Waals surface area contributed by atoms with Crippen molar-refractivity contribution in [2.75, 3.05) is 19.8 Å². The van der Waals surface area contributed by atoms with Crippen molar-refractivity contribution in [2.45, 2.75) is 59.3 Å². The molecule has 0 unspecified atom stereocenters. The third kappa shape index (κ3) is 6.16. The van der Waals surface area contributed by atoms with Crippen LogP contribution in [-0.4, -0.2) is 34.6 Å². The molecule has 0 N–H and O–H groups in total. The summed E-state index contributed by atoms with van der Waals surface area (Å²) in [6.45, 7) is 5.41. The van der Waals surface area contributed by atoms with E-state index in [0.717, 1.165) is 0 Å². The lowest BCUT2D eigenvalue weighted by atomic mass is 10.1. The van der Waals surface area contributed by atoms with E-state index in [1.54, 1.807) is 0 Å². The fraction of sp³-hybridized carbons (Fsp3) is 0.667. The smallest absolute Gasteiger partial charge is 0.367 e. The Morgan fingerprint density at radius 2 is 0.800 bits per heavy atom. The van der Waals surface area contributed by atoms with Gasteiger partial charge in [-0.1, -0.05) is 40.0 Å². The molecule has 0 heterocycles. The topological polar surface area (TPSA) is 157 Å². The van der Waals surface area contributed by atoms with E-state index in [1.807, 2.05) is 20.8 Å². The molecule has 0 atom stereocenters. The maximum absolute atomic E-state index is 11.8. The fourth-order valence-electron chi connectivity index (χ4n) is 2.51. The Labute approximate surface area is 173 Å². The third-order valence-electron chi connectivity index (χ3n) is 4.07. The van der Waals surface area contributed by atoms with E-state index in [9.17, 15) is 30.3 Å². The number of benzene rings is 1. The van der Waals surface area contributed by atoms with Gasteiger partial charge in [-0.25, -0.2) is 0 Å². The molecule has 0 aliphatic rings. The van der Waals surface area contributed by atoms with E-state index in [2.05, 4.69) is 0 Å². The Bertz CT molecular complexity index is 647. The molecule has 0 aliphatic carbocycles. The van der Waals surface area contributed by atoms with Gasteiger partial charge in [-0.3, -0.25) is 30.3 Å². The second-order valence-electron chi connectivity index (χ2n) is 6.41. The predicted molar refractivity (Wildman–Crippen MR) is 108 cm³/mol. The van der Waals surface area contributed by atoms with Gasteiger partial charge in [0.05, 0.1) is 34.6 Å². The number of rotatable bonds is 15. The quantitative estimate of drug-likeness (QED) is 0.214. The summed E-state index contributed by atoms with van der Waals surface area (Å²) in [6.07, 6.45) is 3.45. The number of nitro groups is 3. The van der Waals surface area contributed by atoms with Crippen LogP contribution in [0.5, 0.6) is 17.2 Å². The standard InChI is InChI=1S/C18H27N3O9/c1-4-7-10-28-16-13(19(22)23)17(29-11-8-5-2)15(21(26)27)18(14(16)20(24)25)30-12-9-6-3/h4-12H2,1-3H3. The van der Waals surface area contributed by atoms with Gasteiger partial charge >= 0.3 is 17.1 Å². The van der Waals surface area contributed by atoms with Crippen LogP contribution in [0, 0.1) is 30.3 Å². The molecule has 1 rings (SSSR count). The molecule has 168 valence electrons. The first-order valence-corrected chi connectivity index (χ1v) is 9.87. The van der Waals surface area contributed by atoms with Crippen molar-refractivity contribution < 1.29 is 29.0 Å². The van der Waals surface area contributed by atoms with Gasteiger partial charge in [0.1, 0.15) is 0 Å². The van der Waals surface area contributed by atoms with Gasteiger partial charge in [-0.2, -0.15) is 0 Å². The van der Waals surface area contributed by atoms with Gasteiger partial charge < -0.3 is 14.2 Å². The van der Waals surface area contributed by atoms with E-state index in [1.165, 1.54) is 0 Å². The Kier molecular flexibility index (Phi) is 10.3. The van der Waals surface area contributed by atoms with Crippen molar-refractivity contribution >= 4 is 17.1 Å². The van der Waals surface area contributed by atoms with Gasteiger partial charge in [0.25, 0.3) is 17.2 Å². The minimum Gasteiger partial charge on any atom is -0.482 e. The Balaban J connectivity index is 3.86. The van der Waals surface area contributed by atoms with Crippen LogP contribution in [0.25, 0.3) is 0 Å². The van der Waals surface area contributed by atoms with Crippen molar-refractivity contribution in [2.24, 2.45) is 0 Å². The first-order valence-electron chi connectivity index (χ1n) is 9.87. The lowest BCUT2D eigenvalue weighted by Gasteiger charge is -2.15. The summed E-state index contributed by atoms with van der Waals surface area (Å²) in [6, 6.07) is 0. The Morgan fingerprint density at radius 1 is 0.567 bits per heavy atom. The number of unbranched alkanes of at least 4 members (excludes halogenated alkanes) is 3. The van der Waals surface area contributed by atoms with Crippen LogP contribution in [0.15, 0.2) is 0 Å². The van der Waals surface area contributed by atoms with Gasteiger partial charge in [0.15, 0.2) is 0 Å². The van der Waals surface area contributed by atoms with Crippen molar-refractivity contribution in [1.82, 2.24) is 0 Å². The molecule has 30 heavy (non-hydrogen) atoms. The maximum atomic E-state index is 11.8.